The molecule has 29 heavy (non-hydrogen) atoms. The van der Waals surface area contributed by atoms with E-state index in [4.69, 9.17) is 4.74 Å². The molecular formula is C22H26BrN3O3. The zero-order valence-electron chi connectivity index (χ0n) is 16.3. The molecule has 2 N–H and O–H groups in total. The Labute approximate surface area is 179 Å². The van der Waals surface area contributed by atoms with Crippen molar-refractivity contribution in [3.05, 3.63) is 52.5 Å². The summed E-state index contributed by atoms with van der Waals surface area (Å²) in [6, 6.07) is 14.1. The third-order valence-electron chi connectivity index (χ3n) is 5.45. The lowest BCUT2D eigenvalue weighted by Crippen LogP contribution is -2.49. The van der Waals surface area contributed by atoms with E-state index in [2.05, 4.69) is 55.3 Å². The van der Waals surface area contributed by atoms with E-state index in [0.29, 0.717) is 13.0 Å². The van der Waals surface area contributed by atoms with Crippen molar-refractivity contribution < 1.29 is 14.6 Å². The number of piperazine rings is 1. The number of fused-ring (bicyclic) bond motifs is 1. The first-order valence-corrected chi connectivity index (χ1v) is 10.8. The molecule has 6 nitrogen and oxygen atoms in total. The Kier molecular flexibility index (Phi) is 6.37. The van der Waals surface area contributed by atoms with Gasteiger partial charge in [0.1, 0.15) is 18.5 Å². The van der Waals surface area contributed by atoms with Crippen molar-refractivity contribution in [2.24, 2.45) is 0 Å². The maximum atomic E-state index is 11.4. The maximum Gasteiger partial charge on any atom is 0.224 e. The molecule has 0 spiro atoms. The molecular weight excluding hydrogens is 434 g/mol. The molecule has 7 heteroatoms. The van der Waals surface area contributed by atoms with Crippen LogP contribution in [0.2, 0.25) is 0 Å². The molecule has 154 valence electrons. The molecule has 0 aliphatic carbocycles. The molecule has 0 bridgehead atoms. The van der Waals surface area contributed by atoms with Crippen LogP contribution in [-0.4, -0.2) is 61.3 Å². The highest BCUT2D eigenvalue weighted by atomic mass is 79.9. The number of carbonyl (C=O) groups is 1. The second-order valence-electron chi connectivity index (χ2n) is 7.60. The van der Waals surface area contributed by atoms with Gasteiger partial charge in [0.15, 0.2) is 0 Å². The third kappa shape index (κ3) is 5.29. The summed E-state index contributed by atoms with van der Waals surface area (Å²) in [5.41, 5.74) is 3.18. The van der Waals surface area contributed by atoms with Crippen molar-refractivity contribution in [3.8, 4) is 5.75 Å². The third-order valence-corrected chi connectivity index (χ3v) is 5.98. The molecule has 1 saturated heterocycles. The van der Waals surface area contributed by atoms with Crippen LogP contribution in [-0.2, 0) is 11.2 Å². The number of hydrogen-bond donors (Lipinski definition) is 2. The first kappa shape index (κ1) is 20.2. The Hall–Kier alpha value is -2.09. The van der Waals surface area contributed by atoms with Gasteiger partial charge in [0.2, 0.25) is 5.91 Å². The smallest absolute Gasteiger partial charge is 0.224 e. The van der Waals surface area contributed by atoms with Crippen LogP contribution in [0.15, 0.2) is 46.9 Å². The van der Waals surface area contributed by atoms with E-state index in [1.165, 1.54) is 5.69 Å². The zero-order valence-corrected chi connectivity index (χ0v) is 17.9. The van der Waals surface area contributed by atoms with E-state index >= 15 is 0 Å². The fourth-order valence-electron chi connectivity index (χ4n) is 3.83. The summed E-state index contributed by atoms with van der Waals surface area (Å²) in [4.78, 5) is 16.1. The second-order valence-corrected chi connectivity index (χ2v) is 8.51. The van der Waals surface area contributed by atoms with Crippen molar-refractivity contribution in [1.29, 1.82) is 0 Å². The monoisotopic (exact) mass is 459 g/mol. The number of ether oxygens (including phenoxy) is 1. The molecule has 2 aromatic rings. The van der Waals surface area contributed by atoms with Gasteiger partial charge >= 0.3 is 0 Å². The quantitative estimate of drug-likeness (QED) is 0.694. The number of carbonyl (C=O) groups excluding carboxylic acids is 1. The normalized spacial score (nSPS) is 18.1. The number of anilines is 2. The number of nitrogens with zero attached hydrogens (tertiary/aromatic N) is 2. The van der Waals surface area contributed by atoms with E-state index in [0.717, 1.165) is 54.1 Å². The van der Waals surface area contributed by atoms with Crippen LogP contribution in [0.5, 0.6) is 5.75 Å². The fourth-order valence-corrected chi connectivity index (χ4v) is 4.10. The largest absolute Gasteiger partial charge is 0.491 e. The van der Waals surface area contributed by atoms with E-state index in [1.807, 2.05) is 18.2 Å². The summed E-state index contributed by atoms with van der Waals surface area (Å²) in [6.45, 7) is 4.61. The fraction of sp³-hybridized carbons (Fsp3) is 0.409. The van der Waals surface area contributed by atoms with Gasteiger partial charge in [-0.1, -0.05) is 15.9 Å². The van der Waals surface area contributed by atoms with Crippen molar-refractivity contribution >= 4 is 33.2 Å². The number of aliphatic hydroxyl groups excluding tert-OH is 1. The summed E-state index contributed by atoms with van der Waals surface area (Å²) in [7, 11) is 0. The number of aryl methyl sites for hydroxylation is 1. The van der Waals surface area contributed by atoms with Crippen molar-refractivity contribution in [2.75, 3.05) is 49.5 Å². The van der Waals surface area contributed by atoms with E-state index in [1.54, 1.807) is 0 Å². The Bertz CT molecular complexity index is 851. The van der Waals surface area contributed by atoms with Crippen LogP contribution in [0, 0.1) is 0 Å². The van der Waals surface area contributed by atoms with Gasteiger partial charge in [-0.2, -0.15) is 0 Å². The lowest BCUT2D eigenvalue weighted by Gasteiger charge is -2.36. The number of nitrogens with one attached hydrogen (secondary N) is 1. The number of aliphatic hydroxyl groups is 1. The minimum Gasteiger partial charge on any atom is -0.491 e. The van der Waals surface area contributed by atoms with Crippen LogP contribution in [0.1, 0.15) is 12.0 Å². The van der Waals surface area contributed by atoms with Gasteiger partial charge in [0.05, 0.1) is 0 Å². The molecule has 1 amide bonds. The Morgan fingerprint density at radius 1 is 1.07 bits per heavy atom. The van der Waals surface area contributed by atoms with Crippen LogP contribution >= 0.6 is 15.9 Å². The van der Waals surface area contributed by atoms with Crippen molar-refractivity contribution in [1.82, 2.24) is 4.90 Å². The first-order chi connectivity index (χ1) is 14.1. The number of amides is 1. The summed E-state index contributed by atoms with van der Waals surface area (Å²) in [5, 5.41) is 13.3. The zero-order chi connectivity index (χ0) is 20.2. The number of halogens is 1. The van der Waals surface area contributed by atoms with Gasteiger partial charge < -0.3 is 20.1 Å². The van der Waals surface area contributed by atoms with Crippen LogP contribution in [0.3, 0.4) is 0 Å². The topological polar surface area (TPSA) is 65.0 Å². The molecule has 2 aliphatic rings. The molecule has 0 aromatic heterocycles. The summed E-state index contributed by atoms with van der Waals surface area (Å²) < 4.78 is 6.89. The average Bonchev–Trinajstić information content (AvgIpc) is 2.73. The maximum absolute atomic E-state index is 11.4. The highest BCUT2D eigenvalue weighted by Crippen LogP contribution is 2.27. The summed E-state index contributed by atoms with van der Waals surface area (Å²) in [6.07, 6.45) is 0.694. The van der Waals surface area contributed by atoms with Gasteiger partial charge in [-0.25, -0.2) is 0 Å². The first-order valence-electron chi connectivity index (χ1n) is 10.0. The van der Waals surface area contributed by atoms with Gasteiger partial charge in [0, 0.05) is 55.0 Å². The van der Waals surface area contributed by atoms with E-state index in [9.17, 15) is 9.90 Å². The number of hydrogen-bond acceptors (Lipinski definition) is 5. The van der Waals surface area contributed by atoms with Gasteiger partial charge in [-0.05, 0) is 54.4 Å². The molecule has 1 unspecified atom stereocenters. The van der Waals surface area contributed by atoms with Gasteiger partial charge in [0.25, 0.3) is 0 Å². The Morgan fingerprint density at radius 2 is 1.83 bits per heavy atom. The number of benzene rings is 2. The van der Waals surface area contributed by atoms with Crippen LogP contribution in [0.4, 0.5) is 11.4 Å². The highest BCUT2D eigenvalue weighted by molar-refractivity contribution is 9.10. The van der Waals surface area contributed by atoms with Crippen LogP contribution < -0.4 is 15.0 Å². The molecule has 4 rings (SSSR count). The standard InChI is InChI=1S/C22H26BrN3O3/c23-17-2-4-18(5-3-17)26-11-9-25(10-12-26)14-19(27)15-29-20-6-7-21-16(13-20)1-8-22(28)24-21/h2-7,13,19,27H,1,8-12,14-15H2,(H,24,28). The lowest BCUT2D eigenvalue weighted by atomic mass is 10.0. The lowest BCUT2D eigenvalue weighted by molar-refractivity contribution is -0.116. The summed E-state index contributed by atoms with van der Waals surface area (Å²) in [5.74, 6) is 0.792. The van der Waals surface area contributed by atoms with Gasteiger partial charge in [-0.3, -0.25) is 9.69 Å². The molecule has 2 aliphatic heterocycles. The van der Waals surface area contributed by atoms with E-state index < -0.39 is 6.10 Å². The predicted molar refractivity (Wildman–Crippen MR) is 118 cm³/mol. The Balaban J connectivity index is 1.22. The minimum atomic E-state index is -0.537. The van der Waals surface area contributed by atoms with Crippen molar-refractivity contribution in [2.45, 2.75) is 18.9 Å². The SMILES string of the molecule is O=C1CCc2cc(OCC(O)CN3CCN(c4ccc(Br)cc4)CC3)ccc2N1. The molecule has 1 atom stereocenters. The van der Waals surface area contributed by atoms with Gasteiger partial charge in [-0.15, -0.1) is 0 Å². The predicted octanol–water partition coefficient (Wildman–Crippen LogP) is 2.90. The highest BCUT2D eigenvalue weighted by Gasteiger charge is 2.20. The Morgan fingerprint density at radius 3 is 2.59 bits per heavy atom. The van der Waals surface area contributed by atoms with E-state index in [-0.39, 0.29) is 12.5 Å². The second kappa shape index (κ2) is 9.15. The molecule has 0 radical (unpaired) electrons. The average molecular weight is 460 g/mol. The molecule has 2 heterocycles. The molecule has 2 aromatic carbocycles. The number of rotatable bonds is 6. The van der Waals surface area contributed by atoms with Crippen LogP contribution in [0.25, 0.3) is 0 Å². The minimum absolute atomic E-state index is 0.0572. The number of β-amino-alcohol motifs (C(OH)–C–C–N with tert-alkyl or cyclic N) is 1. The summed E-state index contributed by atoms with van der Waals surface area (Å²) >= 11 is 3.48. The van der Waals surface area contributed by atoms with Crippen molar-refractivity contribution in [3.63, 3.8) is 0 Å². The molecule has 0 saturated carbocycles. The molecule has 1 fully saturated rings.